The molecule has 0 saturated carbocycles. The molecule has 2 heterocycles. The molecule has 80 heavy (non-hydrogen) atoms. The monoisotopic (exact) mass is 1210 g/mol. The average Bonchev–Trinajstić information content (AvgIpc) is 4.08. The molecule has 6 rings (SSSR count). The fraction of sp³-hybridized carbons (Fsp3) is 0.480. The van der Waals surface area contributed by atoms with Gasteiger partial charge in [-0.05, 0) is 84.3 Å². The van der Waals surface area contributed by atoms with Crippen molar-refractivity contribution in [3.8, 4) is 0 Å². The summed E-state index contributed by atoms with van der Waals surface area (Å²) in [6.07, 6.45) is -4.55. The molecule has 4 aromatic carbocycles. The number of nitrogen functional groups attached to an aromatic ring is 2. The molecule has 6 atom stereocenters. The second-order valence-electron chi connectivity index (χ2n) is 19.5. The van der Waals surface area contributed by atoms with Crippen LogP contribution in [0.15, 0.2) is 119 Å². The van der Waals surface area contributed by atoms with Crippen LogP contribution in [0, 0.1) is 11.8 Å². The number of rotatable bonds is 26. The number of alkyl carbamates (subject to hydrolysis) is 2. The van der Waals surface area contributed by atoms with Gasteiger partial charge in [-0.3, -0.25) is 4.52 Å². The molecule has 8 N–H and O–H groups in total. The minimum atomic E-state index is -5.62. The Bertz CT molecular complexity index is 2640. The molecule has 24 nitrogen and oxygen atoms in total. The summed E-state index contributed by atoms with van der Waals surface area (Å²) in [6, 6.07) is 26.6. The minimum Gasteiger partial charge on any atom is -0.790 e. The van der Waals surface area contributed by atoms with Crippen molar-refractivity contribution in [2.24, 2.45) is 11.8 Å². The molecule has 2 aliphatic heterocycles. The van der Waals surface area contributed by atoms with Gasteiger partial charge in [0.15, 0.2) is 0 Å². The van der Waals surface area contributed by atoms with E-state index in [1.165, 1.54) is 48.5 Å². The van der Waals surface area contributed by atoms with Crippen LogP contribution in [0.2, 0.25) is 0 Å². The fourth-order valence-corrected chi connectivity index (χ4v) is 12.7. The number of hydrogen-bond acceptors (Lipinski definition) is 18. The van der Waals surface area contributed by atoms with E-state index in [1.807, 2.05) is 13.8 Å². The molecule has 0 bridgehead atoms. The van der Waals surface area contributed by atoms with Crippen molar-refractivity contribution in [1.29, 1.82) is 0 Å². The number of amides is 2. The van der Waals surface area contributed by atoms with Crippen molar-refractivity contribution in [3.63, 3.8) is 0 Å². The van der Waals surface area contributed by atoms with E-state index < -0.39 is 97.5 Å². The fourth-order valence-electron chi connectivity index (χ4n) is 8.32. The van der Waals surface area contributed by atoms with Crippen molar-refractivity contribution >= 4 is 59.3 Å². The molecule has 0 radical (unpaired) electrons. The predicted molar refractivity (Wildman–Crippen MR) is 284 cm³/mol. The Labute approximate surface area is 512 Å². The number of benzene rings is 4. The molecule has 2 fully saturated rings. The van der Waals surface area contributed by atoms with Gasteiger partial charge in [0.05, 0.1) is 62.2 Å². The van der Waals surface area contributed by atoms with E-state index in [9.17, 15) is 55.1 Å². The number of nitrogens with two attached hydrogens (primary N) is 2. The van der Waals surface area contributed by atoms with E-state index >= 15 is 0 Å². The van der Waals surface area contributed by atoms with Crippen molar-refractivity contribution in [1.82, 2.24) is 19.2 Å². The number of ether oxygens (including phenoxy) is 4. The molecule has 432 valence electrons. The van der Waals surface area contributed by atoms with Crippen molar-refractivity contribution < 1.29 is 142 Å². The summed E-state index contributed by atoms with van der Waals surface area (Å²) in [4.78, 5) is 68.6. The number of carbonyl (C=O) groups is 2. The van der Waals surface area contributed by atoms with Gasteiger partial charge in [-0.2, -0.15) is 8.61 Å². The van der Waals surface area contributed by atoms with Crippen LogP contribution >= 0.6 is 15.6 Å². The number of hydrogen-bond donors (Lipinski definition) is 6. The maximum atomic E-state index is 13.6. The minimum absolute atomic E-state index is 0. The molecule has 0 aliphatic carbocycles. The van der Waals surface area contributed by atoms with E-state index in [2.05, 4.69) is 10.6 Å². The number of anilines is 2. The van der Waals surface area contributed by atoms with Crippen molar-refractivity contribution in [2.75, 3.05) is 64.1 Å². The zero-order valence-corrected chi connectivity index (χ0v) is 53.1. The van der Waals surface area contributed by atoms with Crippen LogP contribution in [0.25, 0.3) is 0 Å². The third-order valence-electron chi connectivity index (χ3n) is 11.9. The predicted octanol–water partition coefficient (Wildman–Crippen LogP) is -2.22. The Hall–Kier alpha value is -3.02. The maximum absolute atomic E-state index is 13.6. The van der Waals surface area contributed by atoms with Gasteiger partial charge < -0.3 is 69.7 Å². The molecule has 4 aromatic rings. The summed E-state index contributed by atoms with van der Waals surface area (Å²) in [5, 5.41) is 5.24. The summed E-state index contributed by atoms with van der Waals surface area (Å²) >= 11 is 0. The molecule has 2 amide bonds. The SMILES string of the molecule is CC(C)CN(C[C@@H](OP(=O)(O)O)[C@H](Cc1ccccc1)NC(=O)O[C@H]1CCOC1)S(=O)(=O)c1ccc(N)cc1.CC(C)CN(C[C@@H](OP(=O)([O-])[O-])[C@H](Cc1ccccc1)NC(=O)O[C@H]1CCOC1)S(=O)(=O)c1ccc(N)cc1.[Na+].[Na+]. The number of phosphoric acid groups is 2. The van der Waals surface area contributed by atoms with Gasteiger partial charge in [0.25, 0.3) is 0 Å². The molecule has 0 aromatic heterocycles. The zero-order chi connectivity index (χ0) is 57.3. The Morgan fingerprint density at radius 3 is 1.26 bits per heavy atom. The Kier molecular flexibility index (Phi) is 29.8. The van der Waals surface area contributed by atoms with Crippen LogP contribution in [0.4, 0.5) is 21.0 Å². The summed E-state index contributed by atoms with van der Waals surface area (Å²) in [5.74, 6) is -0.314. The van der Waals surface area contributed by atoms with E-state index in [4.69, 9.17) is 39.5 Å². The van der Waals surface area contributed by atoms with E-state index in [0.717, 1.165) is 14.2 Å². The molecule has 2 saturated heterocycles. The average molecular weight is 1220 g/mol. The van der Waals surface area contributed by atoms with Crippen LogP contribution in [0.3, 0.4) is 0 Å². The van der Waals surface area contributed by atoms with Crippen LogP contribution in [0.1, 0.15) is 51.7 Å². The summed E-state index contributed by atoms with van der Waals surface area (Å²) in [7, 11) is -19.1. The number of carbonyl (C=O) groups excluding carboxylic acids is 2. The molecular weight excluding hydrogens is 1140 g/mol. The van der Waals surface area contributed by atoms with E-state index in [0.29, 0.717) is 43.0 Å². The van der Waals surface area contributed by atoms with Gasteiger partial charge in [0, 0.05) is 50.4 Å². The van der Waals surface area contributed by atoms with E-state index in [1.54, 1.807) is 74.5 Å². The first-order chi connectivity index (χ1) is 36.7. The van der Waals surface area contributed by atoms with Gasteiger partial charge >= 0.3 is 79.1 Å². The number of phosphoric ester groups is 2. The molecular formula is C50H70N6Na2O18P2S2. The number of sulfonamides is 2. The van der Waals surface area contributed by atoms with Gasteiger partial charge in [0.1, 0.15) is 18.3 Å². The Balaban J connectivity index is 0.000000410. The number of nitrogens with one attached hydrogen (secondary N) is 2. The first kappa shape index (κ1) is 71.2. The van der Waals surface area contributed by atoms with Gasteiger partial charge in [-0.25, -0.2) is 31.0 Å². The standard InChI is InChI=1S/2C25H36N3O9PS.2Na/c2*1-18(2)15-28(39(33,34)22-10-8-20(26)9-11-22)16-24(37-38(30,31)32)23(14-19-6-4-3-5-7-19)27-25(29)36-21-12-13-35-17-21;;/h2*3-11,18,21,23-24H,12-17,26H2,1-2H3,(H,27,29)(H2,30,31,32);;/q;;2*+1/p-2/t2*21-,23-,24+;;/m00../s1. The van der Waals surface area contributed by atoms with Gasteiger partial charge in [0.2, 0.25) is 20.0 Å². The van der Waals surface area contributed by atoms with Crippen LogP contribution < -0.4 is 91.0 Å². The smallest absolute Gasteiger partial charge is 0.790 e. The molecule has 0 unspecified atom stereocenters. The second-order valence-corrected chi connectivity index (χ2v) is 25.6. The quantitative estimate of drug-likeness (QED) is 0.0220. The Morgan fingerprint density at radius 2 is 0.963 bits per heavy atom. The normalized spacial score (nSPS) is 17.3. The first-order valence-corrected chi connectivity index (χ1v) is 30.9. The molecule has 0 spiro atoms. The van der Waals surface area contributed by atoms with Crippen LogP contribution in [0.5, 0.6) is 0 Å². The largest absolute Gasteiger partial charge is 1.00 e. The molecule has 2 aliphatic rings. The Morgan fingerprint density at radius 1 is 0.613 bits per heavy atom. The summed E-state index contributed by atoms with van der Waals surface area (Å²) < 4.78 is 112. The third-order valence-corrected chi connectivity index (χ3v) is 16.7. The summed E-state index contributed by atoms with van der Waals surface area (Å²) in [5.41, 5.74) is 13.6. The van der Waals surface area contributed by atoms with Crippen molar-refractivity contribution in [2.45, 2.75) is 99.7 Å². The maximum Gasteiger partial charge on any atom is 1.00 e. The van der Waals surface area contributed by atoms with Crippen LogP contribution in [-0.2, 0) is 70.0 Å². The summed E-state index contributed by atoms with van der Waals surface area (Å²) in [6.45, 7) is 7.53. The van der Waals surface area contributed by atoms with Gasteiger partial charge in [-0.15, -0.1) is 0 Å². The van der Waals surface area contributed by atoms with Crippen LogP contribution in [-0.4, -0.2) is 137 Å². The van der Waals surface area contributed by atoms with Gasteiger partial charge in [-0.1, -0.05) is 88.4 Å². The number of nitrogens with zero attached hydrogens (tertiary/aromatic N) is 2. The van der Waals surface area contributed by atoms with Crippen molar-refractivity contribution in [3.05, 3.63) is 120 Å². The zero-order valence-electron chi connectivity index (χ0n) is 45.7. The third kappa shape index (κ3) is 24.7. The first-order valence-electron chi connectivity index (χ1n) is 25.0. The molecule has 30 heteroatoms. The van der Waals surface area contributed by atoms with E-state index in [-0.39, 0.29) is 120 Å². The topological polar surface area (TPSA) is 361 Å². The second kappa shape index (κ2) is 33.5.